The van der Waals surface area contributed by atoms with Gasteiger partial charge in [0.25, 0.3) is 0 Å². The van der Waals surface area contributed by atoms with E-state index in [9.17, 15) is 10.1 Å². The zero-order valence-corrected chi connectivity index (χ0v) is 8.66. The fourth-order valence-electron chi connectivity index (χ4n) is 1.15. The Bertz CT molecular complexity index is 440. The number of hydrogen-bond donors (Lipinski definition) is 0. The van der Waals surface area contributed by atoms with Gasteiger partial charge in [0, 0.05) is 4.91 Å². The molecule has 1 rings (SSSR count). The monoisotopic (exact) mass is 222 g/mol. The van der Waals surface area contributed by atoms with E-state index in [2.05, 4.69) is 10.0 Å². The molecule has 0 aliphatic heterocycles. The molecule has 7 nitrogen and oxygen atoms in total. The van der Waals surface area contributed by atoms with E-state index in [1.165, 1.54) is 12.1 Å². The van der Waals surface area contributed by atoms with Gasteiger partial charge in [-0.3, -0.25) is 10.1 Å². The van der Waals surface area contributed by atoms with Crippen molar-refractivity contribution in [1.29, 1.82) is 0 Å². The maximum atomic E-state index is 10.8. The van der Waals surface area contributed by atoms with E-state index in [0.29, 0.717) is 6.61 Å². The molecular weight excluding hydrogens is 212 g/mol. The Labute approximate surface area is 91.4 Å². The summed E-state index contributed by atoms with van der Waals surface area (Å²) in [7, 11) is 0. The second-order valence-corrected chi connectivity index (χ2v) is 2.92. The third-order valence-electron chi connectivity index (χ3n) is 1.77. The highest BCUT2D eigenvalue weighted by Crippen LogP contribution is 2.36. The summed E-state index contributed by atoms with van der Waals surface area (Å²) in [6.07, 6.45) is 0.739. The van der Waals surface area contributed by atoms with E-state index in [1.54, 1.807) is 6.07 Å². The van der Waals surface area contributed by atoms with Gasteiger partial charge >= 0.3 is 5.69 Å². The molecule has 0 fully saturated rings. The van der Waals surface area contributed by atoms with E-state index in [-0.39, 0.29) is 17.1 Å². The first-order valence-electron chi connectivity index (χ1n) is 4.66. The van der Waals surface area contributed by atoms with E-state index >= 15 is 0 Å². The molecule has 0 amide bonds. The highest BCUT2D eigenvalue weighted by molar-refractivity contribution is 5.65. The smallest absolute Gasteiger partial charge is 0.320 e. The Morgan fingerprint density at radius 3 is 2.94 bits per heavy atom. The molecule has 0 aliphatic carbocycles. The summed E-state index contributed by atoms with van der Waals surface area (Å²) in [5.41, 5.74) is 7.95. The van der Waals surface area contributed by atoms with Gasteiger partial charge in [0.15, 0.2) is 5.75 Å². The molecule has 0 radical (unpaired) electrons. The minimum Gasteiger partial charge on any atom is -0.487 e. The minimum atomic E-state index is -0.616. The zero-order valence-electron chi connectivity index (χ0n) is 8.66. The maximum Gasteiger partial charge on any atom is 0.320 e. The predicted molar refractivity (Wildman–Crippen MR) is 57.7 cm³/mol. The van der Waals surface area contributed by atoms with Crippen molar-refractivity contribution in [2.75, 3.05) is 6.61 Å². The molecule has 0 bridgehead atoms. The predicted octanol–water partition coefficient (Wildman–Crippen LogP) is 3.33. The lowest BCUT2D eigenvalue weighted by Crippen LogP contribution is -1.99. The molecular formula is C9H10N4O3. The van der Waals surface area contributed by atoms with Crippen molar-refractivity contribution in [3.63, 3.8) is 0 Å². The molecule has 7 heteroatoms. The summed E-state index contributed by atoms with van der Waals surface area (Å²) >= 11 is 0. The summed E-state index contributed by atoms with van der Waals surface area (Å²) in [4.78, 5) is 12.7. The van der Waals surface area contributed by atoms with Crippen LogP contribution in [0.3, 0.4) is 0 Å². The van der Waals surface area contributed by atoms with Crippen molar-refractivity contribution >= 4 is 11.4 Å². The van der Waals surface area contributed by atoms with Crippen LogP contribution >= 0.6 is 0 Å². The average Bonchev–Trinajstić information content (AvgIpc) is 2.26. The molecule has 0 aromatic heterocycles. The largest absolute Gasteiger partial charge is 0.487 e. The molecule has 0 heterocycles. The highest BCUT2D eigenvalue weighted by atomic mass is 16.6. The minimum absolute atomic E-state index is 0.0406. The van der Waals surface area contributed by atoms with Crippen LogP contribution in [-0.2, 0) is 0 Å². The molecule has 0 spiro atoms. The summed E-state index contributed by atoms with van der Waals surface area (Å²) in [5, 5.41) is 14.1. The van der Waals surface area contributed by atoms with Crippen LogP contribution in [0.15, 0.2) is 23.3 Å². The molecule has 0 atom stereocenters. The number of benzene rings is 1. The van der Waals surface area contributed by atoms with Gasteiger partial charge in [-0.05, 0) is 24.1 Å². The zero-order chi connectivity index (χ0) is 12.0. The molecule has 0 saturated carbocycles. The van der Waals surface area contributed by atoms with Crippen LogP contribution in [-0.4, -0.2) is 11.5 Å². The van der Waals surface area contributed by atoms with Crippen molar-refractivity contribution in [3.8, 4) is 5.75 Å². The lowest BCUT2D eigenvalue weighted by Gasteiger charge is -2.06. The number of para-hydroxylation sites is 1. The molecule has 0 aliphatic rings. The quantitative estimate of drug-likeness (QED) is 0.251. The van der Waals surface area contributed by atoms with Crippen LogP contribution in [0.5, 0.6) is 5.75 Å². The van der Waals surface area contributed by atoms with E-state index < -0.39 is 4.92 Å². The first kappa shape index (κ1) is 11.8. The molecule has 0 unspecified atom stereocenters. The molecule has 0 saturated heterocycles. The molecule has 0 N–H and O–H groups in total. The lowest BCUT2D eigenvalue weighted by atomic mass is 10.2. The Hall–Kier alpha value is -2.27. The Kier molecular flexibility index (Phi) is 4.11. The second-order valence-electron chi connectivity index (χ2n) is 2.92. The van der Waals surface area contributed by atoms with Gasteiger partial charge in [-0.15, -0.1) is 0 Å². The van der Waals surface area contributed by atoms with E-state index in [4.69, 9.17) is 10.3 Å². The number of nitro benzene ring substituents is 1. The van der Waals surface area contributed by atoms with Gasteiger partial charge in [0.05, 0.1) is 11.5 Å². The van der Waals surface area contributed by atoms with Gasteiger partial charge in [0.2, 0.25) is 0 Å². The Balaban J connectivity index is 3.21. The Morgan fingerprint density at radius 2 is 2.38 bits per heavy atom. The van der Waals surface area contributed by atoms with E-state index in [0.717, 1.165) is 6.42 Å². The van der Waals surface area contributed by atoms with Crippen LogP contribution in [0.2, 0.25) is 0 Å². The van der Waals surface area contributed by atoms with Gasteiger partial charge in [-0.2, -0.15) is 0 Å². The highest BCUT2D eigenvalue weighted by Gasteiger charge is 2.19. The van der Waals surface area contributed by atoms with Crippen LogP contribution in [0.4, 0.5) is 11.4 Å². The standard InChI is InChI=1S/C9H10N4O3/c1-2-6-16-8-5-3-4-7(11-12-10)9(8)13(14)15/h3-5H,2,6H2,1H3. The van der Waals surface area contributed by atoms with E-state index in [1.807, 2.05) is 6.92 Å². The molecule has 16 heavy (non-hydrogen) atoms. The van der Waals surface area contributed by atoms with Gasteiger partial charge in [0.1, 0.15) is 5.69 Å². The second kappa shape index (κ2) is 5.57. The molecule has 84 valence electrons. The first-order chi connectivity index (χ1) is 7.70. The summed E-state index contributed by atoms with van der Waals surface area (Å²) in [6.45, 7) is 2.27. The SMILES string of the molecule is CCCOc1cccc(N=[N+]=[N-])c1[N+](=O)[O-]. The van der Waals surface area contributed by atoms with Crippen molar-refractivity contribution in [2.24, 2.45) is 5.11 Å². The average molecular weight is 222 g/mol. The summed E-state index contributed by atoms with van der Waals surface area (Å²) in [6, 6.07) is 4.39. The van der Waals surface area contributed by atoms with Gasteiger partial charge in [-0.25, -0.2) is 0 Å². The third-order valence-corrected chi connectivity index (χ3v) is 1.77. The number of nitrogens with zero attached hydrogens (tertiary/aromatic N) is 4. The summed E-state index contributed by atoms with van der Waals surface area (Å²) in [5.74, 6) is 0.122. The lowest BCUT2D eigenvalue weighted by molar-refractivity contribution is -0.385. The van der Waals surface area contributed by atoms with Crippen LogP contribution in [0.25, 0.3) is 10.4 Å². The number of nitro groups is 1. The topological polar surface area (TPSA) is 101 Å². The van der Waals surface area contributed by atoms with Gasteiger partial charge < -0.3 is 4.74 Å². The normalized spacial score (nSPS) is 9.31. The Morgan fingerprint density at radius 1 is 1.62 bits per heavy atom. The van der Waals surface area contributed by atoms with Crippen LogP contribution < -0.4 is 4.74 Å². The summed E-state index contributed by atoms with van der Waals surface area (Å²) < 4.78 is 5.21. The number of azide groups is 1. The van der Waals surface area contributed by atoms with Crippen molar-refractivity contribution < 1.29 is 9.66 Å². The molecule has 1 aromatic carbocycles. The fraction of sp³-hybridized carbons (Fsp3) is 0.333. The first-order valence-corrected chi connectivity index (χ1v) is 4.66. The van der Waals surface area contributed by atoms with Crippen molar-refractivity contribution in [2.45, 2.75) is 13.3 Å². The fourth-order valence-corrected chi connectivity index (χ4v) is 1.15. The molecule has 1 aromatic rings. The van der Waals surface area contributed by atoms with Crippen molar-refractivity contribution in [3.05, 3.63) is 38.8 Å². The number of ether oxygens (including phenoxy) is 1. The third kappa shape index (κ3) is 2.61. The van der Waals surface area contributed by atoms with Crippen LogP contribution in [0, 0.1) is 10.1 Å². The number of rotatable bonds is 5. The van der Waals surface area contributed by atoms with Gasteiger partial charge in [-0.1, -0.05) is 18.1 Å². The van der Waals surface area contributed by atoms with Crippen molar-refractivity contribution in [1.82, 2.24) is 0 Å². The van der Waals surface area contributed by atoms with Crippen LogP contribution in [0.1, 0.15) is 13.3 Å². The number of hydrogen-bond acceptors (Lipinski definition) is 4. The maximum absolute atomic E-state index is 10.8.